The summed E-state index contributed by atoms with van der Waals surface area (Å²) < 4.78 is 1.10. The van der Waals surface area contributed by atoms with Crippen LogP contribution in [0.3, 0.4) is 0 Å². The van der Waals surface area contributed by atoms with Crippen molar-refractivity contribution in [2.75, 3.05) is 16.4 Å². The van der Waals surface area contributed by atoms with Gasteiger partial charge in [-0.3, -0.25) is 0 Å². The van der Waals surface area contributed by atoms with Gasteiger partial charge in [0.05, 0.1) is 15.9 Å². The molecular formula is C17H14ClN7S. The molecule has 26 heavy (non-hydrogen) atoms. The molecule has 0 saturated heterocycles. The second-order valence-corrected chi connectivity index (χ2v) is 6.91. The fraction of sp³-hybridized carbons (Fsp3) is 0.0588. The molecule has 0 spiro atoms. The molecule has 130 valence electrons. The van der Waals surface area contributed by atoms with Gasteiger partial charge in [-0.25, -0.2) is 19.9 Å². The molecule has 0 bridgehead atoms. The van der Waals surface area contributed by atoms with Gasteiger partial charge in [-0.1, -0.05) is 35.1 Å². The molecule has 0 fully saturated rings. The summed E-state index contributed by atoms with van der Waals surface area (Å²) in [5.41, 5.74) is 9.28. The van der Waals surface area contributed by atoms with E-state index in [0.29, 0.717) is 33.3 Å². The third kappa shape index (κ3) is 3.12. The number of para-hydroxylation sites is 1. The second kappa shape index (κ2) is 6.74. The number of hydrogen-bond acceptors (Lipinski definition) is 8. The number of hydrogen-bond donors (Lipinski definition) is 3. The molecular weight excluding hydrogens is 370 g/mol. The second-order valence-electron chi connectivity index (χ2n) is 5.52. The van der Waals surface area contributed by atoms with Crippen molar-refractivity contribution in [2.45, 2.75) is 6.92 Å². The van der Waals surface area contributed by atoms with Gasteiger partial charge in [-0.05, 0) is 30.7 Å². The van der Waals surface area contributed by atoms with E-state index < -0.39 is 0 Å². The van der Waals surface area contributed by atoms with Crippen molar-refractivity contribution in [1.82, 2.24) is 19.9 Å². The van der Waals surface area contributed by atoms with Gasteiger partial charge in [0.15, 0.2) is 21.9 Å². The van der Waals surface area contributed by atoms with E-state index in [1.807, 2.05) is 25.1 Å². The van der Waals surface area contributed by atoms with E-state index in [1.54, 1.807) is 18.3 Å². The number of aryl methyl sites for hydroxylation is 1. The highest BCUT2D eigenvalue weighted by molar-refractivity contribution is 7.22. The number of fused-ring (bicyclic) bond motifs is 1. The minimum atomic E-state index is 0.335. The fourth-order valence-corrected chi connectivity index (χ4v) is 3.55. The number of thiazole rings is 1. The molecule has 0 aliphatic heterocycles. The molecule has 1 aromatic carbocycles. The molecule has 0 aliphatic rings. The number of anilines is 5. The molecule has 0 unspecified atom stereocenters. The van der Waals surface area contributed by atoms with Gasteiger partial charge in [0.2, 0.25) is 0 Å². The minimum absolute atomic E-state index is 0.335. The van der Waals surface area contributed by atoms with Crippen molar-refractivity contribution in [3.05, 3.63) is 53.6 Å². The maximum absolute atomic E-state index is 6.22. The Kier molecular flexibility index (Phi) is 4.27. The summed E-state index contributed by atoms with van der Waals surface area (Å²) in [7, 11) is 0. The van der Waals surface area contributed by atoms with Gasteiger partial charge in [0.25, 0.3) is 0 Å². The smallest absolute Gasteiger partial charge is 0.189 e. The predicted molar refractivity (Wildman–Crippen MR) is 107 cm³/mol. The fourth-order valence-electron chi connectivity index (χ4n) is 2.44. The molecule has 0 aliphatic carbocycles. The number of rotatable bonds is 4. The van der Waals surface area contributed by atoms with Crippen LogP contribution >= 0.6 is 22.9 Å². The van der Waals surface area contributed by atoms with Crippen LogP contribution in [0.5, 0.6) is 0 Å². The average Bonchev–Trinajstić information content (AvgIpc) is 3.04. The van der Waals surface area contributed by atoms with Crippen LogP contribution < -0.4 is 16.4 Å². The van der Waals surface area contributed by atoms with Crippen molar-refractivity contribution >= 4 is 61.3 Å². The van der Waals surface area contributed by atoms with E-state index in [-0.39, 0.29) is 0 Å². The van der Waals surface area contributed by atoms with Gasteiger partial charge in [0, 0.05) is 6.20 Å². The van der Waals surface area contributed by atoms with Crippen molar-refractivity contribution in [2.24, 2.45) is 0 Å². The molecule has 9 heteroatoms. The lowest BCUT2D eigenvalue weighted by molar-refractivity contribution is 1.17. The topological polar surface area (TPSA) is 102 Å². The first kappa shape index (κ1) is 16.5. The monoisotopic (exact) mass is 383 g/mol. The van der Waals surface area contributed by atoms with Gasteiger partial charge in [0.1, 0.15) is 12.0 Å². The first-order chi connectivity index (χ1) is 12.6. The molecule has 0 amide bonds. The van der Waals surface area contributed by atoms with Crippen LogP contribution in [0.25, 0.3) is 10.2 Å². The summed E-state index contributed by atoms with van der Waals surface area (Å²) in [6, 6.07) is 9.64. The van der Waals surface area contributed by atoms with Crippen molar-refractivity contribution in [3.63, 3.8) is 0 Å². The Bertz CT molecular complexity index is 1100. The lowest BCUT2D eigenvalue weighted by Gasteiger charge is -2.11. The van der Waals surface area contributed by atoms with Crippen LogP contribution in [0, 0.1) is 6.92 Å². The number of nitrogens with zero attached hydrogens (tertiary/aromatic N) is 4. The standard InChI is InChI=1S/C17H14ClN7S/c1-9-4-2-6-11-13(9)24-17(26-11)25-16-12(19)15(21-8-22-16)23-10-5-3-7-20-14(10)18/h2-8H,19H2,1H3,(H2,21,22,23,24,25). The lowest BCUT2D eigenvalue weighted by Crippen LogP contribution is -2.05. The maximum Gasteiger partial charge on any atom is 0.189 e. The Morgan fingerprint density at radius 3 is 2.62 bits per heavy atom. The van der Waals surface area contributed by atoms with E-state index in [9.17, 15) is 0 Å². The van der Waals surface area contributed by atoms with E-state index in [1.165, 1.54) is 17.7 Å². The zero-order valence-corrected chi connectivity index (χ0v) is 15.3. The number of pyridine rings is 1. The number of nitrogens with one attached hydrogen (secondary N) is 2. The normalized spacial score (nSPS) is 10.8. The predicted octanol–water partition coefficient (Wildman–Crippen LogP) is 4.51. The quantitative estimate of drug-likeness (QED) is 0.445. The highest BCUT2D eigenvalue weighted by Crippen LogP contribution is 2.33. The van der Waals surface area contributed by atoms with Crippen molar-refractivity contribution in [1.29, 1.82) is 0 Å². The van der Waals surface area contributed by atoms with E-state index in [4.69, 9.17) is 17.3 Å². The number of halogens is 1. The first-order valence-corrected chi connectivity index (χ1v) is 8.92. The summed E-state index contributed by atoms with van der Waals surface area (Å²) in [5.74, 6) is 0.911. The van der Waals surface area contributed by atoms with Gasteiger partial charge in [-0.2, -0.15) is 0 Å². The highest BCUT2D eigenvalue weighted by Gasteiger charge is 2.13. The molecule has 0 radical (unpaired) electrons. The van der Waals surface area contributed by atoms with E-state index in [2.05, 4.69) is 30.6 Å². The Labute approximate surface area is 158 Å². The number of benzene rings is 1. The zero-order chi connectivity index (χ0) is 18.1. The molecule has 3 heterocycles. The maximum atomic E-state index is 6.22. The third-order valence-electron chi connectivity index (χ3n) is 3.74. The summed E-state index contributed by atoms with van der Waals surface area (Å²) in [4.78, 5) is 17.0. The highest BCUT2D eigenvalue weighted by atomic mass is 35.5. The number of nitrogen functional groups attached to an aromatic ring is 1. The summed E-state index contributed by atoms with van der Waals surface area (Å²) >= 11 is 7.61. The van der Waals surface area contributed by atoms with Crippen LogP contribution in [-0.4, -0.2) is 19.9 Å². The van der Waals surface area contributed by atoms with E-state index in [0.717, 1.165) is 15.8 Å². The summed E-state index contributed by atoms with van der Waals surface area (Å²) in [5, 5.41) is 7.30. The van der Waals surface area contributed by atoms with Crippen LogP contribution in [0.4, 0.5) is 28.1 Å². The number of aromatic nitrogens is 4. The average molecular weight is 384 g/mol. The molecule has 7 nitrogen and oxygen atoms in total. The van der Waals surface area contributed by atoms with Gasteiger partial charge < -0.3 is 16.4 Å². The van der Waals surface area contributed by atoms with Crippen LogP contribution in [0.15, 0.2) is 42.9 Å². The Morgan fingerprint density at radius 1 is 1.04 bits per heavy atom. The lowest BCUT2D eigenvalue weighted by atomic mass is 10.2. The summed E-state index contributed by atoms with van der Waals surface area (Å²) in [6.07, 6.45) is 3.03. The Balaban J connectivity index is 1.65. The van der Waals surface area contributed by atoms with Crippen LogP contribution in [0.2, 0.25) is 5.15 Å². The van der Waals surface area contributed by atoms with Crippen molar-refractivity contribution in [3.8, 4) is 0 Å². The number of nitrogens with two attached hydrogens (primary N) is 1. The first-order valence-electron chi connectivity index (χ1n) is 7.73. The van der Waals surface area contributed by atoms with Crippen molar-refractivity contribution < 1.29 is 0 Å². The SMILES string of the molecule is Cc1cccc2sc(Nc3ncnc(Nc4cccnc4Cl)c3N)nc12. The van der Waals surface area contributed by atoms with E-state index >= 15 is 0 Å². The minimum Gasteiger partial charge on any atom is -0.393 e. The molecule has 0 atom stereocenters. The molecule has 0 saturated carbocycles. The van der Waals surface area contributed by atoms with Gasteiger partial charge >= 0.3 is 0 Å². The largest absolute Gasteiger partial charge is 0.393 e. The molecule has 3 aromatic heterocycles. The third-order valence-corrected chi connectivity index (χ3v) is 4.98. The molecule has 4 rings (SSSR count). The zero-order valence-electron chi connectivity index (χ0n) is 13.7. The Hall–Kier alpha value is -2.97. The van der Waals surface area contributed by atoms with Crippen LogP contribution in [0.1, 0.15) is 5.56 Å². The van der Waals surface area contributed by atoms with Crippen LogP contribution in [-0.2, 0) is 0 Å². The Morgan fingerprint density at radius 2 is 1.85 bits per heavy atom. The van der Waals surface area contributed by atoms with Gasteiger partial charge in [-0.15, -0.1) is 0 Å². The summed E-state index contributed by atoms with van der Waals surface area (Å²) in [6.45, 7) is 2.03. The molecule has 4 N–H and O–H groups in total. The molecule has 4 aromatic rings.